The van der Waals surface area contributed by atoms with Gasteiger partial charge in [0.25, 0.3) is 11.8 Å². The number of benzene rings is 1. The number of amides is 2. The van der Waals surface area contributed by atoms with Crippen molar-refractivity contribution in [3.63, 3.8) is 0 Å². The van der Waals surface area contributed by atoms with Crippen LogP contribution in [-0.2, 0) is 16.6 Å². The zero-order chi connectivity index (χ0) is 19.7. The molecule has 0 aliphatic carbocycles. The van der Waals surface area contributed by atoms with Crippen LogP contribution in [0.3, 0.4) is 0 Å². The average Bonchev–Trinajstić information content (AvgIpc) is 2.72. The van der Waals surface area contributed by atoms with Crippen LogP contribution in [0.2, 0.25) is 0 Å². The fourth-order valence-electron chi connectivity index (χ4n) is 3.98. The highest BCUT2D eigenvalue weighted by Gasteiger charge is 2.44. The quantitative estimate of drug-likeness (QED) is 0.789. The van der Waals surface area contributed by atoms with Crippen LogP contribution in [0.1, 0.15) is 23.2 Å². The molecule has 2 amide bonds. The van der Waals surface area contributed by atoms with Crippen molar-refractivity contribution >= 4 is 17.5 Å². The lowest BCUT2D eigenvalue weighted by atomic mass is 9.90. The first-order valence-corrected chi connectivity index (χ1v) is 9.43. The van der Waals surface area contributed by atoms with Crippen LogP contribution < -0.4 is 10.5 Å². The van der Waals surface area contributed by atoms with Gasteiger partial charge in [0.2, 0.25) is 5.56 Å². The molecule has 0 saturated carbocycles. The lowest BCUT2D eigenvalue weighted by Gasteiger charge is -2.47. The Bertz CT molecular complexity index is 956. The molecule has 7 heteroatoms. The topological polar surface area (TPSA) is 71.8 Å². The van der Waals surface area contributed by atoms with Crippen LogP contribution in [0.15, 0.2) is 53.5 Å². The summed E-state index contributed by atoms with van der Waals surface area (Å²) in [5.41, 5.74) is 0.597. The number of nitrogens with zero attached hydrogens (tertiary/aromatic N) is 3. The molecular weight excluding hydrogens is 358 g/mol. The van der Waals surface area contributed by atoms with Gasteiger partial charge in [0.05, 0.1) is 18.7 Å². The largest absolute Gasteiger partial charge is 0.361 e. The van der Waals surface area contributed by atoms with Crippen LogP contribution in [0.5, 0.6) is 0 Å². The van der Waals surface area contributed by atoms with E-state index in [-0.39, 0.29) is 24.0 Å². The molecule has 1 spiro atoms. The van der Waals surface area contributed by atoms with E-state index in [0.717, 1.165) is 18.5 Å². The number of aryl methyl sites for hydroxylation is 1. The normalized spacial score (nSPS) is 22.5. The van der Waals surface area contributed by atoms with Crippen LogP contribution in [-0.4, -0.2) is 53.1 Å². The number of carbonyl (C=O) groups excluding carboxylic acids is 2. The van der Waals surface area contributed by atoms with E-state index >= 15 is 0 Å². The highest BCUT2D eigenvalue weighted by molar-refractivity contribution is 5.96. The van der Waals surface area contributed by atoms with Gasteiger partial charge in [-0.15, -0.1) is 0 Å². The zero-order valence-corrected chi connectivity index (χ0v) is 15.8. The number of morpholine rings is 1. The van der Waals surface area contributed by atoms with Gasteiger partial charge < -0.3 is 19.1 Å². The van der Waals surface area contributed by atoms with Crippen molar-refractivity contribution in [3.8, 4) is 0 Å². The number of aromatic nitrogens is 1. The molecule has 7 nitrogen and oxygen atoms in total. The standard InChI is InChI=1S/C21H23N3O4/c1-22-12-16(8-9-18(22)25)20(27)23-11-5-10-21(14-23)15-24(19(26)13-28-21)17-6-3-2-4-7-17/h2-4,6-9,12H,5,10-11,13-15H2,1H3. The minimum atomic E-state index is -0.571. The van der Waals surface area contributed by atoms with E-state index in [9.17, 15) is 14.4 Å². The molecule has 1 atom stereocenters. The van der Waals surface area contributed by atoms with Gasteiger partial charge in [0.1, 0.15) is 12.2 Å². The maximum absolute atomic E-state index is 13.0. The predicted molar refractivity (Wildman–Crippen MR) is 104 cm³/mol. The molecule has 0 bridgehead atoms. The first-order valence-electron chi connectivity index (χ1n) is 9.43. The summed E-state index contributed by atoms with van der Waals surface area (Å²) in [5.74, 6) is -0.195. The molecule has 2 aromatic rings. The lowest BCUT2D eigenvalue weighted by molar-refractivity contribution is -0.144. The summed E-state index contributed by atoms with van der Waals surface area (Å²) in [4.78, 5) is 40.5. The Kier molecular flexibility index (Phi) is 4.77. The molecule has 2 fully saturated rings. The summed E-state index contributed by atoms with van der Waals surface area (Å²) in [6, 6.07) is 12.5. The highest BCUT2D eigenvalue weighted by atomic mass is 16.5. The Morgan fingerprint density at radius 1 is 1.07 bits per heavy atom. The summed E-state index contributed by atoms with van der Waals surface area (Å²) in [7, 11) is 1.63. The van der Waals surface area contributed by atoms with Gasteiger partial charge in [0.15, 0.2) is 0 Å². The van der Waals surface area contributed by atoms with Gasteiger partial charge in [-0.25, -0.2) is 0 Å². The number of anilines is 1. The van der Waals surface area contributed by atoms with Crippen molar-refractivity contribution in [3.05, 3.63) is 64.6 Å². The Hall–Kier alpha value is -2.93. The first kappa shape index (κ1) is 18.4. The molecule has 1 aromatic carbocycles. The van der Waals surface area contributed by atoms with Crippen molar-refractivity contribution < 1.29 is 14.3 Å². The van der Waals surface area contributed by atoms with E-state index in [4.69, 9.17) is 4.74 Å². The van der Waals surface area contributed by atoms with Gasteiger partial charge in [-0.3, -0.25) is 14.4 Å². The molecule has 3 heterocycles. The van der Waals surface area contributed by atoms with Crippen molar-refractivity contribution in [1.82, 2.24) is 9.47 Å². The van der Waals surface area contributed by atoms with Gasteiger partial charge in [0, 0.05) is 31.5 Å². The molecule has 0 N–H and O–H groups in total. The van der Waals surface area contributed by atoms with Crippen LogP contribution in [0, 0.1) is 0 Å². The van der Waals surface area contributed by atoms with Gasteiger partial charge >= 0.3 is 0 Å². The lowest BCUT2D eigenvalue weighted by Crippen LogP contribution is -2.62. The number of hydrogen-bond donors (Lipinski definition) is 0. The van der Waals surface area contributed by atoms with Gasteiger partial charge in [-0.05, 0) is 31.0 Å². The summed E-state index contributed by atoms with van der Waals surface area (Å²) < 4.78 is 7.39. The third kappa shape index (κ3) is 3.45. The van der Waals surface area contributed by atoms with Crippen molar-refractivity contribution in [1.29, 1.82) is 0 Å². The van der Waals surface area contributed by atoms with Crippen LogP contribution in [0.4, 0.5) is 5.69 Å². The second-order valence-corrected chi connectivity index (χ2v) is 7.48. The SMILES string of the molecule is Cn1cc(C(=O)N2CCCC3(C2)CN(c2ccccc2)C(=O)CO3)ccc1=O. The first-order chi connectivity index (χ1) is 13.5. The fourth-order valence-corrected chi connectivity index (χ4v) is 3.98. The minimum absolute atomic E-state index is 0.0107. The third-order valence-corrected chi connectivity index (χ3v) is 5.48. The van der Waals surface area contributed by atoms with E-state index in [0.29, 0.717) is 25.2 Å². The molecule has 2 aliphatic heterocycles. The van der Waals surface area contributed by atoms with E-state index < -0.39 is 5.60 Å². The van der Waals surface area contributed by atoms with Crippen molar-refractivity contribution in [2.45, 2.75) is 18.4 Å². The van der Waals surface area contributed by atoms with E-state index in [2.05, 4.69) is 0 Å². The Balaban J connectivity index is 1.55. The smallest absolute Gasteiger partial charge is 0.255 e. The molecule has 1 aromatic heterocycles. The third-order valence-electron chi connectivity index (χ3n) is 5.48. The molecule has 2 saturated heterocycles. The Morgan fingerprint density at radius 2 is 1.86 bits per heavy atom. The van der Waals surface area contributed by atoms with E-state index in [1.165, 1.54) is 10.6 Å². The van der Waals surface area contributed by atoms with E-state index in [1.54, 1.807) is 29.1 Å². The molecule has 1 unspecified atom stereocenters. The second kappa shape index (κ2) is 7.24. The fraction of sp³-hybridized carbons (Fsp3) is 0.381. The number of carbonyl (C=O) groups is 2. The summed E-state index contributed by atoms with van der Waals surface area (Å²) >= 11 is 0. The van der Waals surface area contributed by atoms with Gasteiger partial charge in [-0.2, -0.15) is 0 Å². The van der Waals surface area contributed by atoms with E-state index in [1.807, 2.05) is 30.3 Å². The summed E-state index contributed by atoms with van der Waals surface area (Å²) in [5, 5.41) is 0. The maximum Gasteiger partial charge on any atom is 0.255 e. The molecule has 146 valence electrons. The molecule has 28 heavy (non-hydrogen) atoms. The number of hydrogen-bond acceptors (Lipinski definition) is 4. The van der Waals surface area contributed by atoms with Crippen molar-refractivity contribution in [2.24, 2.45) is 7.05 Å². The molecular formula is C21H23N3O4. The number of ether oxygens (including phenoxy) is 1. The zero-order valence-electron chi connectivity index (χ0n) is 15.8. The number of para-hydroxylation sites is 1. The molecule has 0 radical (unpaired) electrons. The number of piperidine rings is 1. The van der Waals surface area contributed by atoms with Crippen LogP contribution >= 0.6 is 0 Å². The average molecular weight is 381 g/mol. The maximum atomic E-state index is 13.0. The van der Waals surface area contributed by atoms with Gasteiger partial charge in [-0.1, -0.05) is 18.2 Å². The van der Waals surface area contributed by atoms with Crippen LogP contribution in [0.25, 0.3) is 0 Å². The second-order valence-electron chi connectivity index (χ2n) is 7.48. The number of likely N-dealkylation sites (tertiary alicyclic amines) is 1. The molecule has 4 rings (SSSR count). The van der Waals surface area contributed by atoms with Crippen molar-refractivity contribution in [2.75, 3.05) is 31.1 Å². The predicted octanol–water partition coefficient (Wildman–Crippen LogP) is 1.42. The molecule has 2 aliphatic rings. The number of pyridine rings is 1. The Morgan fingerprint density at radius 3 is 2.61 bits per heavy atom. The Labute approximate surface area is 163 Å². The summed E-state index contributed by atoms with van der Waals surface area (Å²) in [6.45, 7) is 1.49. The summed E-state index contributed by atoms with van der Waals surface area (Å²) in [6.07, 6.45) is 3.16. The minimum Gasteiger partial charge on any atom is -0.361 e. The number of rotatable bonds is 2. The monoisotopic (exact) mass is 381 g/mol. The highest BCUT2D eigenvalue weighted by Crippen LogP contribution is 2.32.